The topological polar surface area (TPSA) is 79.3 Å². The number of fused-ring (bicyclic) bond motifs is 1. The molecule has 3 aromatic rings. The lowest BCUT2D eigenvalue weighted by Crippen LogP contribution is -2.44. The minimum absolute atomic E-state index is 0.259. The molecule has 8 nitrogen and oxygen atoms in total. The monoisotopic (exact) mass is 427 g/mol. The molecule has 2 saturated heterocycles. The van der Waals surface area contributed by atoms with E-state index in [1.54, 1.807) is 18.5 Å². The number of morpholine rings is 1. The highest BCUT2D eigenvalue weighted by Crippen LogP contribution is 2.34. The number of halogens is 1. The van der Waals surface area contributed by atoms with Gasteiger partial charge in [0.05, 0.1) is 13.2 Å². The number of rotatable bonds is 4. The molecule has 0 saturated carbocycles. The van der Waals surface area contributed by atoms with Crippen LogP contribution < -0.4 is 15.1 Å². The summed E-state index contributed by atoms with van der Waals surface area (Å²) in [6.07, 6.45) is 1.55. The Balaban J connectivity index is 1.60. The van der Waals surface area contributed by atoms with E-state index in [0.717, 1.165) is 66.0 Å². The van der Waals surface area contributed by atoms with Crippen LogP contribution in [0.15, 0.2) is 40.5 Å². The Hall–Kier alpha value is -2.56. The van der Waals surface area contributed by atoms with Gasteiger partial charge in [0.25, 0.3) is 0 Å². The fourth-order valence-corrected chi connectivity index (χ4v) is 4.42. The maximum atomic E-state index is 13.3. The van der Waals surface area contributed by atoms with Gasteiger partial charge in [-0.25, -0.2) is 19.3 Å². The molecule has 5 rings (SSSR count). The summed E-state index contributed by atoms with van der Waals surface area (Å²) in [5.74, 6) is 1.26. The average molecular weight is 428 g/mol. The van der Waals surface area contributed by atoms with Crippen molar-refractivity contribution in [2.45, 2.75) is 9.92 Å². The zero-order valence-electron chi connectivity index (χ0n) is 16.4. The third kappa shape index (κ3) is 4.03. The molecule has 2 aliphatic rings. The van der Waals surface area contributed by atoms with E-state index < -0.39 is 0 Å². The molecule has 4 heterocycles. The Morgan fingerprint density at radius 2 is 1.67 bits per heavy atom. The van der Waals surface area contributed by atoms with E-state index in [9.17, 15) is 4.39 Å². The molecule has 0 atom stereocenters. The number of nitrogens with one attached hydrogen (secondary N) is 1. The first-order valence-electron chi connectivity index (χ1n) is 10.0. The Bertz CT molecular complexity index is 1020. The summed E-state index contributed by atoms with van der Waals surface area (Å²) in [6.45, 7) is 6.35. The van der Waals surface area contributed by atoms with Crippen molar-refractivity contribution in [2.75, 3.05) is 62.3 Å². The van der Waals surface area contributed by atoms with Gasteiger partial charge in [0.2, 0.25) is 5.95 Å². The van der Waals surface area contributed by atoms with Crippen LogP contribution >= 0.6 is 11.8 Å². The summed E-state index contributed by atoms with van der Waals surface area (Å²) in [5.41, 5.74) is 1.45. The van der Waals surface area contributed by atoms with Gasteiger partial charge in [0.1, 0.15) is 28.2 Å². The normalized spacial score (nSPS) is 17.5. The fourth-order valence-electron chi connectivity index (χ4n) is 3.59. The highest BCUT2D eigenvalue weighted by molar-refractivity contribution is 7.99. The van der Waals surface area contributed by atoms with Crippen LogP contribution in [0, 0.1) is 5.82 Å². The molecule has 2 aromatic heterocycles. The van der Waals surface area contributed by atoms with Crippen molar-refractivity contribution < 1.29 is 9.13 Å². The Labute approximate surface area is 177 Å². The van der Waals surface area contributed by atoms with E-state index in [1.165, 1.54) is 23.9 Å². The standard InChI is InChI=1S/C20H22FN7OS/c21-14-1-3-15(4-2-14)30-19-17-16(23-13-24-19)18(27-9-11-29-12-10-27)26-20(25-17)28-7-5-22-6-8-28/h1-4,13,22H,5-12H2. The molecule has 0 unspecified atom stereocenters. The van der Waals surface area contributed by atoms with Crippen molar-refractivity contribution in [3.8, 4) is 0 Å². The number of hydrogen-bond donors (Lipinski definition) is 1. The Morgan fingerprint density at radius 1 is 0.900 bits per heavy atom. The zero-order chi connectivity index (χ0) is 20.3. The van der Waals surface area contributed by atoms with Crippen LogP contribution in [0.1, 0.15) is 0 Å². The molecular formula is C20H22FN7OS. The fraction of sp³-hybridized carbons (Fsp3) is 0.400. The smallest absolute Gasteiger partial charge is 0.228 e. The van der Waals surface area contributed by atoms with Gasteiger partial charge in [-0.3, -0.25) is 0 Å². The first-order chi connectivity index (χ1) is 14.8. The molecule has 30 heavy (non-hydrogen) atoms. The summed E-state index contributed by atoms with van der Waals surface area (Å²) in [6, 6.07) is 6.39. The third-order valence-corrected chi connectivity index (χ3v) is 6.16. The largest absolute Gasteiger partial charge is 0.378 e. The summed E-state index contributed by atoms with van der Waals surface area (Å²) in [4.78, 5) is 24.1. The predicted octanol–water partition coefficient (Wildman–Crippen LogP) is 1.96. The number of aromatic nitrogens is 4. The molecule has 1 N–H and O–H groups in total. The number of piperazine rings is 1. The predicted molar refractivity (Wildman–Crippen MR) is 114 cm³/mol. The van der Waals surface area contributed by atoms with E-state index in [4.69, 9.17) is 14.7 Å². The molecule has 156 valence electrons. The van der Waals surface area contributed by atoms with E-state index in [-0.39, 0.29) is 5.82 Å². The number of nitrogens with zero attached hydrogens (tertiary/aromatic N) is 6. The summed E-state index contributed by atoms with van der Waals surface area (Å²) in [5, 5.41) is 4.10. The lowest BCUT2D eigenvalue weighted by molar-refractivity contribution is 0.122. The van der Waals surface area contributed by atoms with Gasteiger partial charge in [-0.2, -0.15) is 4.98 Å². The number of hydrogen-bond acceptors (Lipinski definition) is 9. The lowest BCUT2D eigenvalue weighted by Gasteiger charge is -2.31. The summed E-state index contributed by atoms with van der Waals surface area (Å²) in [7, 11) is 0. The van der Waals surface area contributed by atoms with Gasteiger partial charge in [-0.15, -0.1) is 0 Å². The molecule has 10 heteroatoms. The molecule has 2 fully saturated rings. The minimum Gasteiger partial charge on any atom is -0.378 e. The first-order valence-corrected chi connectivity index (χ1v) is 10.8. The first kappa shape index (κ1) is 19.4. The molecular weight excluding hydrogens is 405 g/mol. The molecule has 2 aliphatic heterocycles. The van der Waals surface area contributed by atoms with E-state index in [0.29, 0.717) is 19.2 Å². The van der Waals surface area contributed by atoms with Crippen molar-refractivity contribution in [1.29, 1.82) is 0 Å². The maximum absolute atomic E-state index is 13.3. The van der Waals surface area contributed by atoms with E-state index in [2.05, 4.69) is 25.1 Å². The van der Waals surface area contributed by atoms with Crippen molar-refractivity contribution in [3.05, 3.63) is 36.4 Å². The lowest BCUT2D eigenvalue weighted by atomic mass is 10.3. The molecule has 0 amide bonds. The van der Waals surface area contributed by atoms with Crippen LogP contribution in [0.3, 0.4) is 0 Å². The van der Waals surface area contributed by atoms with Crippen molar-refractivity contribution in [3.63, 3.8) is 0 Å². The van der Waals surface area contributed by atoms with Crippen LogP contribution in [0.2, 0.25) is 0 Å². The second kappa shape index (κ2) is 8.66. The van der Waals surface area contributed by atoms with Crippen LogP contribution in [-0.4, -0.2) is 72.4 Å². The van der Waals surface area contributed by atoms with Gasteiger partial charge >= 0.3 is 0 Å². The van der Waals surface area contributed by atoms with Crippen molar-refractivity contribution >= 4 is 34.6 Å². The van der Waals surface area contributed by atoms with E-state index in [1.807, 2.05) is 0 Å². The molecule has 0 aliphatic carbocycles. The number of ether oxygens (including phenoxy) is 1. The van der Waals surface area contributed by atoms with Crippen LogP contribution in [0.5, 0.6) is 0 Å². The minimum atomic E-state index is -0.259. The van der Waals surface area contributed by atoms with Gasteiger partial charge in [-0.05, 0) is 24.3 Å². The van der Waals surface area contributed by atoms with Gasteiger partial charge in [0, 0.05) is 44.2 Å². The summed E-state index contributed by atoms with van der Waals surface area (Å²) >= 11 is 1.45. The average Bonchev–Trinajstić information content (AvgIpc) is 2.81. The maximum Gasteiger partial charge on any atom is 0.228 e. The van der Waals surface area contributed by atoms with Crippen LogP contribution in [0.25, 0.3) is 11.0 Å². The second-order valence-corrected chi connectivity index (χ2v) is 8.18. The Kier molecular flexibility index (Phi) is 5.60. The molecule has 0 spiro atoms. The van der Waals surface area contributed by atoms with Crippen molar-refractivity contribution in [1.82, 2.24) is 25.3 Å². The SMILES string of the molecule is Fc1ccc(Sc2ncnc3c(N4CCOCC4)nc(N4CCNCC4)nc23)cc1. The van der Waals surface area contributed by atoms with Gasteiger partial charge in [-0.1, -0.05) is 11.8 Å². The summed E-state index contributed by atoms with van der Waals surface area (Å²) < 4.78 is 18.8. The number of anilines is 2. The zero-order valence-corrected chi connectivity index (χ0v) is 17.2. The molecule has 0 bridgehead atoms. The van der Waals surface area contributed by atoms with Gasteiger partial charge < -0.3 is 19.9 Å². The highest BCUT2D eigenvalue weighted by atomic mass is 32.2. The van der Waals surface area contributed by atoms with E-state index >= 15 is 0 Å². The third-order valence-electron chi connectivity index (χ3n) is 5.16. The highest BCUT2D eigenvalue weighted by Gasteiger charge is 2.23. The molecule has 0 radical (unpaired) electrons. The van der Waals surface area contributed by atoms with Crippen LogP contribution in [0.4, 0.5) is 16.2 Å². The van der Waals surface area contributed by atoms with Crippen LogP contribution in [-0.2, 0) is 4.74 Å². The second-order valence-electron chi connectivity index (χ2n) is 7.12. The Morgan fingerprint density at radius 3 is 2.43 bits per heavy atom. The van der Waals surface area contributed by atoms with Crippen molar-refractivity contribution in [2.24, 2.45) is 0 Å². The number of benzene rings is 1. The molecule has 1 aromatic carbocycles. The van der Waals surface area contributed by atoms with Gasteiger partial charge in [0.15, 0.2) is 5.82 Å². The quantitative estimate of drug-likeness (QED) is 0.629.